The number of carboxylic acids is 2. The first-order valence-electron chi connectivity index (χ1n) is 6.47. The minimum Gasteiger partial charge on any atom is -0.550 e. The lowest BCUT2D eigenvalue weighted by atomic mass is 9.82. The summed E-state index contributed by atoms with van der Waals surface area (Å²) in [4.78, 5) is 34.2. The average molecular weight is 287 g/mol. The largest absolute Gasteiger partial charge is 0.550 e. The van der Waals surface area contributed by atoms with Crippen LogP contribution in [-0.4, -0.2) is 17.8 Å². The number of allylic oxidation sites excluding steroid dienone is 2. The van der Waals surface area contributed by atoms with E-state index in [1.165, 1.54) is 18.2 Å². The summed E-state index contributed by atoms with van der Waals surface area (Å²) in [6, 6.07) is 5.81. The van der Waals surface area contributed by atoms with E-state index in [2.05, 4.69) is 5.32 Å². The number of rotatable bonds is 4. The van der Waals surface area contributed by atoms with Crippen molar-refractivity contribution in [3.8, 4) is 0 Å². The quantitative estimate of drug-likeness (QED) is 0.738. The maximum absolute atomic E-state index is 12.2. The number of carbonyl (C=O) groups excluding carboxylic acids is 3. The fourth-order valence-corrected chi connectivity index (χ4v) is 2.36. The first-order chi connectivity index (χ1) is 10.0. The van der Waals surface area contributed by atoms with E-state index in [0.717, 1.165) is 0 Å². The number of anilines is 1. The summed E-state index contributed by atoms with van der Waals surface area (Å²) in [5.41, 5.74) is -0.0589. The summed E-state index contributed by atoms with van der Waals surface area (Å²) in [6.07, 6.45) is 3.92. The van der Waals surface area contributed by atoms with Gasteiger partial charge in [0.2, 0.25) is 5.91 Å². The topological polar surface area (TPSA) is 109 Å². The van der Waals surface area contributed by atoms with Gasteiger partial charge in [0.05, 0.1) is 11.9 Å². The van der Waals surface area contributed by atoms with Crippen LogP contribution < -0.4 is 15.5 Å². The summed E-state index contributed by atoms with van der Waals surface area (Å²) in [5, 5.41) is 24.5. The second kappa shape index (κ2) is 6.21. The highest BCUT2D eigenvalue weighted by molar-refractivity contribution is 6.01. The third kappa shape index (κ3) is 3.28. The van der Waals surface area contributed by atoms with Gasteiger partial charge in [-0.25, -0.2) is 0 Å². The molecule has 0 saturated heterocycles. The van der Waals surface area contributed by atoms with Crippen LogP contribution in [0.2, 0.25) is 0 Å². The van der Waals surface area contributed by atoms with Crippen LogP contribution in [-0.2, 0) is 9.59 Å². The third-order valence-electron chi connectivity index (χ3n) is 3.48. The van der Waals surface area contributed by atoms with Crippen molar-refractivity contribution in [1.29, 1.82) is 0 Å². The smallest absolute Gasteiger partial charge is 0.228 e. The van der Waals surface area contributed by atoms with Gasteiger partial charge in [-0.2, -0.15) is 0 Å². The molecule has 1 aromatic rings. The molecule has 0 radical (unpaired) electrons. The van der Waals surface area contributed by atoms with E-state index in [1.54, 1.807) is 18.2 Å². The van der Waals surface area contributed by atoms with E-state index in [-0.39, 0.29) is 24.1 Å². The monoisotopic (exact) mass is 287 g/mol. The Balaban J connectivity index is 2.20. The number of hydrogen-bond acceptors (Lipinski definition) is 5. The van der Waals surface area contributed by atoms with Crippen molar-refractivity contribution >= 4 is 23.5 Å². The Morgan fingerprint density at radius 1 is 1.00 bits per heavy atom. The third-order valence-corrected chi connectivity index (χ3v) is 3.48. The lowest BCUT2D eigenvalue weighted by Crippen LogP contribution is -2.41. The van der Waals surface area contributed by atoms with E-state index in [9.17, 15) is 24.6 Å². The second-order valence-corrected chi connectivity index (χ2v) is 4.80. The Bertz CT molecular complexity index is 608. The second-order valence-electron chi connectivity index (χ2n) is 4.80. The van der Waals surface area contributed by atoms with Gasteiger partial charge in [0, 0.05) is 23.1 Å². The zero-order valence-electron chi connectivity index (χ0n) is 11.1. The zero-order chi connectivity index (χ0) is 15.4. The number of hydrogen-bond donors (Lipinski definition) is 1. The van der Waals surface area contributed by atoms with E-state index in [0.29, 0.717) is 0 Å². The normalized spacial score (nSPS) is 20.8. The van der Waals surface area contributed by atoms with Gasteiger partial charge in [-0.15, -0.1) is 0 Å². The van der Waals surface area contributed by atoms with Gasteiger partial charge in [-0.05, 0) is 18.9 Å². The molecule has 0 spiro atoms. The van der Waals surface area contributed by atoms with Gasteiger partial charge in [-0.1, -0.05) is 30.4 Å². The van der Waals surface area contributed by atoms with Crippen LogP contribution in [0, 0.1) is 11.8 Å². The molecule has 0 bridgehead atoms. The van der Waals surface area contributed by atoms with Crippen molar-refractivity contribution in [2.45, 2.75) is 12.8 Å². The van der Waals surface area contributed by atoms with E-state index < -0.39 is 29.7 Å². The van der Waals surface area contributed by atoms with Crippen LogP contribution in [0.1, 0.15) is 23.2 Å². The molecule has 1 amide bonds. The standard InChI is InChI=1S/C15H15NO5/c17-13(9-5-1-2-6-10(9)14(18)19)16-12-8-4-3-7-11(12)15(20)21/h1-4,7-10H,5-6H2,(H,16,17)(H,18,19)(H,20,21)/p-2/t9-,10+/m0/s1. The number of benzene rings is 1. The Morgan fingerprint density at radius 3 is 2.24 bits per heavy atom. The van der Waals surface area contributed by atoms with Crippen LogP contribution >= 0.6 is 0 Å². The highest BCUT2D eigenvalue weighted by atomic mass is 16.4. The Labute approximate surface area is 121 Å². The van der Waals surface area contributed by atoms with Crippen molar-refractivity contribution in [3.05, 3.63) is 42.0 Å². The molecule has 6 nitrogen and oxygen atoms in total. The maximum atomic E-state index is 12.2. The molecule has 1 aliphatic rings. The van der Waals surface area contributed by atoms with Crippen molar-refractivity contribution in [2.24, 2.45) is 11.8 Å². The molecule has 110 valence electrons. The Kier molecular flexibility index (Phi) is 4.37. The van der Waals surface area contributed by atoms with Crippen LogP contribution in [0.4, 0.5) is 5.69 Å². The summed E-state index contributed by atoms with van der Waals surface area (Å²) in [7, 11) is 0. The van der Waals surface area contributed by atoms with Gasteiger partial charge in [0.1, 0.15) is 0 Å². The van der Waals surface area contributed by atoms with E-state index in [4.69, 9.17) is 0 Å². The molecule has 21 heavy (non-hydrogen) atoms. The molecule has 2 rings (SSSR count). The molecular formula is C15H13NO5-2. The van der Waals surface area contributed by atoms with Crippen molar-refractivity contribution < 1.29 is 24.6 Å². The molecule has 2 atom stereocenters. The molecule has 1 N–H and O–H groups in total. The van der Waals surface area contributed by atoms with Crippen molar-refractivity contribution in [1.82, 2.24) is 0 Å². The summed E-state index contributed by atoms with van der Waals surface area (Å²) < 4.78 is 0. The van der Waals surface area contributed by atoms with Crippen LogP contribution in [0.25, 0.3) is 0 Å². The van der Waals surface area contributed by atoms with Gasteiger partial charge in [0.15, 0.2) is 0 Å². The number of nitrogens with one attached hydrogen (secondary N) is 1. The Morgan fingerprint density at radius 2 is 1.62 bits per heavy atom. The number of carboxylic acid groups (broad SMARTS) is 2. The predicted octanol–water partition coefficient (Wildman–Crippen LogP) is -0.679. The van der Waals surface area contributed by atoms with Crippen LogP contribution in [0.5, 0.6) is 0 Å². The fraction of sp³-hybridized carbons (Fsp3) is 0.267. The molecule has 6 heteroatoms. The molecule has 1 aliphatic carbocycles. The van der Waals surface area contributed by atoms with E-state index >= 15 is 0 Å². The zero-order valence-corrected chi connectivity index (χ0v) is 11.1. The molecule has 0 fully saturated rings. The van der Waals surface area contributed by atoms with E-state index in [1.807, 2.05) is 0 Å². The first-order valence-corrected chi connectivity index (χ1v) is 6.47. The highest BCUT2D eigenvalue weighted by Gasteiger charge is 2.30. The average Bonchev–Trinajstić information content (AvgIpc) is 2.47. The number of para-hydroxylation sites is 1. The number of aromatic carboxylic acids is 1. The molecule has 0 aromatic heterocycles. The minimum atomic E-state index is -1.41. The fourth-order valence-electron chi connectivity index (χ4n) is 2.36. The van der Waals surface area contributed by atoms with Crippen molar-refractivity contribution in [3.63, 3.8) is 0 Å². The van der Waals surface area contributed by atoms with Gasteiger partial charge < -0.3 is 25.1 Å². The lowest BCUT2D eigenvalue weighted by molar-refractivity contribution is -0.313. The molecule has 0 aliphatic heterocycles. The maximum Gasteiger partial charge on any atom is 0.228 e. The highest BCUT2D eigenvalue weighted by Crippen LogP contribution is 2.27. The summed E-state index contributed by atoms with van der Waals surface area (Å²) >= 11 is 0. The molecule has 0 unspecified atom stereocenters. The summed E-state index contributed by atoms with van der Waals surface area (Å²) in [6.45, 7) is 0. The van der Waals surface area contributed by atoms with Crippen LogP contribution in [0.15, 0.2) is 36.4 Å². The van der Waals surface area contributed by atoms with Gasteiger partial charge in [-0.3, -0.25) is 4.79 Å². The number of carbonyl (C=O) groups is 3. The van der Waals surface area contributed by atoms with Gasteiger partial charge in [0.25, 0.3) is 0 Å². The number of aliphatic carboxylic acids is 1. The minimum absolute atomic E-state index is 0.0918. The molecule has 1 aromatic carbocycles. The van der Waals surface area contributed by atoms with Crippen LogP contribution in [0.3, 0.4) is 0 Å². The SMILES string of the molecule is O=C([O-])c1ccccc1NC(=O)[C@H]1CC=CC[C@H]1C(=O)[O-]. The lowest BCUT2D eigenvalue weighted by Gasteiger charge is -2.28. The van der Waals surface area contributed by atoms with Crippen molar-refractivity contribution in [2.75, 3.05) is 5.32 Å². The first kappa shape index (κ1) is 14.8. The predicted molar refractivity (Wildman–Crippen MR) is 69.8 cm³/mol. The molecule has 0 heterocycles. The molecular weight excluding hydrogens is 274 g/mol. The van der Waals surface area contributed by atoms with Gasteiger partial charge >= 0.3 is 0 Å². The summed E-state index contributed by atoms with van der Waals surface area (Å²) in [5.74, 6) is -4.93. The number of amides is 1. The molecule has 0 saturated carbocycles. The Hall–Kier alpha value is -2.63.